The summed E-state index contributed by atoms with van der Waals surface area (Å²) >= 11 is 0. The average molecular weight is 421 g/mol. The van der Waals surface area contributed by atoms with E-state index < -0.39 is 0 Å². The zero-order valence-corrected chi connectivity index (χ0v) is 17.7. The van der Waals surface area contributed by atoms with Crippen LogP contribution in [0.2, 0.25) is 0 Å². The fraction of sp³-hybridized carbons (Fsp3) is 0.375. The van der Waals surface area contributed by atoms with Gasteiger partial charge in [-0.3, -0.25) is 0 Å². The van der Waals surface area contributed by atoms with Crippen molar-refractivity contribution < 1.29 is 14.1 Å². The fourth-order valence-corrected chi connectivity index (χ4v) is 3.70. The maximum absolute atomic E-state index is 12.3. The zero-order chi connectivity index (χ0) is 21.5. The van der Waals surface area contributed by atoms with E-state index in [0.29, 0.717) is 25.0 Å². The fourth-order valence-electron chi connectivity index (χ4n) is 3.70. The van der Waals surface area contributed by atoms with Crippen LogP contribution in [0.1, 0.15) is 67.4 Å². The van der Waals surface area contributed by atoms with Gasteiger partial charge in [-0.05, 0) is 43.0 Å². The van der Waals surface area contributed by atoms with Gasteiger partial charge >= 0.3 is 6.03 Å². The Morgan fingerprint density at radius 3 is 2.55 bits per heavy atom. The summed E-state index contributed by atoms with van der Waals surface area (Å²) in [7, 11) is 0. The molecule has 3 aromatic rings. The molecule has 2 amide bonds. The number of carbonyl (C=O) groups is 1. The summed E-state index contributed by atoms with van der Waals surface area (Å²) in [5, 5.41) is 9.82. The minimum atomic E-state index is -0.347. The number of para-hydroxylation sites is 1. The Hall–Kier alpha value is -3.35. The van der Waals surface area contributed by atoms with Gasteiger partial charge in [0.05, 0.1) is 0 Å². The first-order valence-electron chi connectivity index (χ1n) is 10.8. The van der Waals surface area contributed by atoms with Crippen LogP contribution in [0.4, 0.5) is 4.79 Å². The van der Waals surface area contributed by atoms with Gasteiger partial charge in [0.15, 0.2) is 5.82 Å². The van der Waals surface area contributed by atoms with Gasteiger partial charge in [-0.1, -0.05) is 60.5 Å². The standard InChI is InChI=1S/C24H28N4O3/c1-17(23-27-22(28-31-23)20-7-5-6-8-20)26-24(29)25-15-18-11-13-19(14-12-18)16-30-21-9-3-2-4-10-21/h2-4,9-14,17,20H,5-8,15-16H2,1H3,(H2,25,26,29). The van der Waals surface area contributed by atoms with E-state index in [9.17, 15) is 4.79 Å². The molecule has 1 saturated carbocycles. The number of nitrogens with zero attached hydrogens (tertiary/aromatic N) is 2. The van der Waals surface area contributed by atoms with Crippen molar-refractivity contribution in [3.8, 4) is 5.75 Å². The maximum atomic E-state index is 12.3. The van der Waals surface area contributed by atoms with Gasteiger partial charge in [0.2, 0.25) is 5.89 Å². The van der Waals surface area contributed by atoms with Crippen molar-refractivity contribution >= 4 is 6.03 Å². The monoisotopic (exact) mass is 420 g/mol. The Bertz CT molecular complexity index is 966. The number of benzene rings is 2. The number of hydrogen-bond acceptors (Lipinski definition) is 5. The van der Waals surface area contributed by atoms with Crippen molar-refractivity contribution in [2.75, 3.05) is 0 Å². The van der Waals surface area contributed by atoms with Crippen LogP contribution in [-0.2, 0) is 13.2 Å². The van der Waals surface area contributed by atoms with Gasteiger partial charge in [0, 0.05) is 12.5 Å². The molecule has 0 radical (unpaired) electrons. The van der Waals surface area contributed by atoms with Gasteiger partial charge in [-0.15, -0.1) is 0 Å². The highest BCUT2D eigenvalue weighted by Crippen LogP contribution is 2.32. The Morgan fingerprint density at radius 2 is 1.81 bits per heavy atom. The summed E-state index contributed by atoms with van der Waals surface area (Å²) in [5.74, 6) is 2.44. The van der Waals surface area contributed by atoms with Gasteiger partial charge < -0.3 is 19.9 Å². The van der Waals surface area contributed by atoms with Crippen molar-refractivity contribution in [1.29, 1.82) is 0 Å². The second-order valence-electron chi connectivity index (χ2n) is 7.94. The molecule has 1 heterocycles. The summed E-state index contributed by atoms with van der Waals surface area (Å²) in [6.07, 6.45) is 4.65. The Morgan fingerprint density at radius 1 is 1.10 bits per heavy atom. The minimum absolute atomic E-state index is 0.274. The van der Waals surface area contributed by atoms with E-state index >= 15 is 0 Å². The SMILES string of the molecule is CC(NC(=O)NCc1ccc(COc2ccccc2)cc1)c1nc(C2CCCC2)no1. The largest absolute Gasteiger partial charge is 0.489 e. The van der Waals surface area contributed by atoms with Crippen LogP contribution in [0, 0.1) is 0 Å². The third kappa shape index (κ3) is 5.84. The Kier molecular flexibility index (Phi) is 6.82. The van der Waals surface area contributed by atoms with E-state index in [-0.39, 0.29) is 12.1 Å². The number of amides is 2. The number of ether oxygens (including phenoxy) is 1. The van der Waals surface area contributed by atoms with Crippen LogP contribution in [0.3, 0.4) is 0 Å². The third-order valence-corrected chi connectivity index (χ3v) is 5.52. The molecular formula is C24H28N4O3. The number of aromatic nitrogens is 2. The highest BCUT2D eigenvalue weighted by molar-refractivity contribution is 5.74. The lowest BCUT2D eigenvalue weighted by atomic mass is 10.1. The Balaban J connectivity index is 1.21. The summed E-state index contributed by atoms with van der Waals surface area (Å²) in [5.41, 5.74) is 2.08. The number of nitrogens with one attached hydrogen (secondary N) is 2. The average Bonchev–Trinajstić information content (AvgIpc) is 3.50. The molecule has 2 aromatic carbocycles. The van der Waals surface area contributed by atoms with Crippen LogP contribution in [-0.4, -0.2) is 16.2 Å². The molecular weight excluding hydrogens is 392 g/mol. The quantitative estimate of drug-likeness (QED) is 0.543. The molecule has 0 bridgehead atoms. The molecule has 2 N–H and O–H groups in total. The normalized spacial score (nSPS) is 14.9. The lowest BCUT2D eigenvalue weighted by Crippen LogP contribution is -2.36. The summed E-state index contributed by atoms with van der Waals surface area (Å²) in [6.45, 7) is 2.77. The number of urea groups is 1. The van der Waals surface area contributed by atoms with Crippen LogP contribution in [0.5, 0.6) is 5.75 Å². The molecule has 7 heteroatoms. The van der Waals surface area contributed by atoms with Crippen molar-refractivity contribution in [2.24, 2.45) is 0 Å². The molecule has 1 atom stereocenters. The second kappa shape index (κ2) is 10.1. The first-order chi connectivity index (χ1) is 15.2. The summed E-state index contributed by atoms with van der Waals surface area (Å²) < 4.78 is 11.1. The molecule has 0 saturated heterocycles. The van der Waals surface area contributed by atoms with E-state index in [0.717, 1.165) is 35.5 Å². The van der Waals surface area contributed by atoms with Crippen LogP contribution >= 0.6 is 0 Å². The predicted octanol–water partition coefficient (Wildman–Crippen LogP) is 4.87. The molecule has 1 aliphatic carbocycles. The highest BCUT2D eigenvalue weighted by Gasteiger charge is 2.24. The third-order valence-electron chi connectivity index (χ3n) is 5.52. The van der Waals surface area contributed by atoms with E-state index in [2.05, 4.69) is 20.8 Å². The second-order valence-corrected chi connectivity index (χ2v) is 7.94. The lowest BCUT2D eigenvalue weighted by molar-refractivity contribution is 0.233. The van der Waals surface area contributed by atoms with Crippen molar-refractivity contribution in [3.63, 3.8) is 0 Å². The molecule has 1 aromatic heterocycles. The van der Waals surface area contributed by atoms with E-state index in [1.807, 2.05) is 61.5 Å². The summed E-state index contributed by atoms with van der Waals surface area (Å²) in [4.78, 5) is 16.7. The molecule has 7 nitrogen and oxygen atoms in total. The molecule has 4 rings (SSSR count). The van der Waals surface area contributed by atoms with Gasteiger partial charge in [0.25, 0.3) is 0 Å². The molecule has 162 valence electrons. The number of hydrogen-bond donors (Lipinski definition) is 2. The van der Waals surface area contributed by atoms with Crippen molar-refractivity contribution in [3.05, 3.63) is 77.4 Å². The first-order valence-corrected chi connectivity index (χ1v) is 10.8. The molecule has 1 aliphatic rings. The van der Waals surface area contributed by atoms with Crippen LogP contribution in [0.15, 0.2) is 59.1 Å². The van der Waals surface area contributed by atoms with Gasteiger partial charge in [-0.2, -0.15) is 4.98 Å². The van der Waals surface area contributed by atoms with E-state index in [1.165, 1.54) is 12.8 Å². The van der Waals surface area contributed by atoms with Crippen LogP contribution in [0.25, 0.3) is 0 Å². The van der Waals surface area contributed by atoms with E-state index in [1.54, 1.807) is 0 Å². The molecule has 0 aliphatic heterocycles. The summed E-state index contributed by atoms with van der Waals surface area (Å²) in [6, 6.07) is 17.1. The van der Waals surface area contributed by atoms with Crippen molar-refractivity contribution in [2.45, 2.75) is 57.7 Å². The zero-order valence-electron chi connectivity index (χ0n) is 17.7. The van der Waals surface area contributed by atoms with Crippen molar-refractivity contribution in [1.82, 2.24) is 20.8 Å². The molecule has 1 fully saturated rings. The van der Waals surface area contributed by atoms with Crippen LogP contribution < -0.4 is 15.4 Å². The lowest BCUT2D eigenvalue weighted by Gasteiger charge is -2.12. The number of rotatable bonds is 8. The van der Waals surface area contributed by atoms with E-state index in [4.69, 9.17) is 9.26 Å². The van der Waals surface area contributed by atoms with Gasteiger partial charge in [-0.25, -0.2) is 4.79 Å². The predicted molar refractivity (Wildman–Crippen MR) is 117 cm³/mol. The molecule has 31 heavy (non-hydrogen) atoms. The molecule has 1 unspecified atom stereocenters. The molecule has 0 spiro atoms. The topological polar surface area (TPSA) is 89.3 Å². The smallest absolute Gasteiger partial charge is 0.315 e. The highest BCUT2D eigenvalue weighted by atomic mass is 16.5. The maximum Gasteiger partial charge on any atom is 0.315 e. The first kappa shape index (κ1) is 20.9. The van der Waals surface area contributed by atoms with Gasteiger partial charge in [0.1, 0.15) is 18.4 Å². The minimum Gasteiger partial charge on any atom is -0.489 e. The Labute approximate surface area is 182 Å². The number of carbonyl (C=O) groups excluding carboxylic acids is 1.